The molecule has 0 aromatic carbocycles. The number of nitrogens with two attached hydrogens (primary N) is 1. The summed E-state index contributed by atoms with van der Waals surface area (Å²) in [5.41, 5.74) is 7.08. The summed E-state index contributed by atoms with van der Waals surface area (Å²) < 4.78 is 5.19. The molecule has 0 fully saturated rings. The van der Waals surface area contributed by atoms with E-state index in [-0.39, 0.29) is 0 Å². The molecule has 0 aliphatic rings. The van der Waals surface area contributed by atoms with Crippen LogP contribution in [0.5, 0.6) is 5.75 Å². The summed E-state index contributed by atoms with van der Waals surface area (Å²) in [6.45, 7) is 2.86. The normalized spacial score (nSPS) is 10.3. The van der Waals surface area contributed by atoms with Gasteiger partial charge in [-0.2, -0.15) is 0 Å². The van der Waals surface area contributed by atoms with E-state index in [2.05, 4.69) is 33.7 Å². The van der Waals surface area contributed by atoms with Gasteiger partial charge in [0.15, 0.2) is 11.6 Å². The molecule has 2 rings (SSSR count). The molecular weight excluding hydrogens is 248 g/mol. The van der Waals surface area contributed by atoms with Crippen LogP contribution in [-0.4, -0.2) is 17.1 Å². The number of anilines is 2. The number of aryl methyl sites for hydroxylation is 1. The van der Waals surface area contributed by atoms with Gasteiger partial charge in [-0.05, 0) is 23.4 Å². The van der Waals surface area contributed by atoms with E-state index in [1.807, 2.05) is 0 Å². The molecule has 0 radical (unpaired) electrons. The van der Waals surface area contributed by atoms with Crippen LogP contribution in [0.25, 0.3) is 0 Å². The average molecular weight is 264 g/mol. The van der Waals surface area contributed by atoms with E-state index < -0.39 is 0 Å². The van der Waals surface area contributed by atoms with Gasteiger partial charge in [-0.1, -0.05) is 6.92 Å². The van der Waals surface area contributed by atoms with Crippen LogP contribution >= 0.6 is 11.3 Å². The predicted octanol–water partition coefficient (Wildman–Crippen LogP) is 2.30. The second-order valence-corrected chi connectivity index (χ2v) is 4.72. The number of nitrogens with zero attached hydrogens (tertiary/aromatic N) is 2. The SMILES string of the molecule is CCc1ccsc1CNc1ncnc(N)c1OC. The number of ether oxygens (including phenoxy) is 1. The first-order valence-corrected chi connectivity index (χ1v) is 6.57. The Morgan fingerprint density at radius 3 is 3.00 bits per heavy atom. The first kappa shape index (κ1) is 12.6. The van der Waals surface area contributed by atoms with E-state index in [9.17, 15) is 0 Å². The van der Waals surface area contributed by atoms with Gasteiger partial charge in [-0.3, -0.25) is 0 Å². The second-order valence-electron chi connectivity index (χ2n) is 3.72. The standard InChI is InChI=1S/C12H16N4OS/c1-3-8-4-5-18-9(8)6-14-12-10(17-2)11(13)15-7-16-12/h4-5,7H,3,6H2,1-2H3,(H3,13,14,15,16). The number of thiophene rings is 1. The van der Waals surface area contributed by atoms with E-state index in [1.54, 1.807) is 18.4 Å². The Kier molecular flexibility index (Phi) is 3.99. The van der Waals surface area contributed by atoms with Crippen molar-refractivity contribution in [2.24, 2.45) is 0 Å². The quantitative estimate of drug-likeness (QED) is 0.867. The highest BCUT2D eigenvalue weighted by Crippen LogP contribution is 2.27. The Balaban J connectivity index is 2.13. The molecule has 0 bridgehead atoms. The van der Waals surface area contributed by atoms with Crippen molar-refractivity contribution in [1.82, 2.24) is 9.97 Å². The minimum absolute atomic E-state index is 0.344. The molecule has 0 amide bonds. The molecule has 5 nitrogen and oxygen atoms in total. The molecular formula is C12H16N4OS. The summed E-state index contributed by atoms with van der Waals surface area (Å²) in [7, 11) is 1.56. The first-order valence-electron chi connectivity index (χ1n) is 5.69. The summed E-state index contributed by atoms with van der Waals surface area (Å²) in [6, 6.07) is 2.15. The van der Waals surface area contributed by atoms with Crippen molar-refractivity contribution in [3.05, 3.63) is 28.2 Å². The number of nitrogens with one attached hydrogen (secondary N) is 1. The van der Waals surface area contributed by atoms with Crippen LogP contribution in [0.4, 0.5) is 11.6 Å². The molecule has 0 unspecified atom stereocenters. The number of methoxy groups -OCH3 is 1. The molecule has 2 aromatic heterocycles. The van der Waals surface area contributed by atoms with Crippen molar-refractivity contribution in [2.45, 2.75) is 19.9 Å². The van der Waals surface area contributed by atoms with Gasteiger partial charge in [0.1, 0.15) is 6.33 Å². The molecule has 0 aliphatic carbocycles. The number of aromatic nitrogens is 2. The van der Waals surface area contributed by atoms with Gasteiger partial charge in [-0.25, -0.2) is 9.97 Å². The number of hydrogen-bond acceptors (Lipinski definition) is 6. The zero-order valence-electron chi connectivity index (χ0n) is 10.4. The van der Waals surface area contributed by atoms with E-state index in [0.717, 1.165) is 6.42 Å². The molecule has 96 valence electrons. The second kappa shape index (κ2) is 5.68. The zero-order chi connectivity index (χ0) is 13.0. The molecule has 2 aromatic rings. The fourth-order valence-electron chi connectivity index (χ4n) is 1.72. The van der Waals surface area contributed by atoms with Crippen LogP contribution in [0.2, 0.25) is 0 Å². The van der Waals surface area contributed by atoms with Crippen LogP contribution < -0.4 is 15.8 Å². The summed E-state index contributed by atoms with van der Waals surface area (Å²) >= 11 is 1.73. The highest BCUT2D eigenvalue weighted by Gasteiger charge is 2.10. The Morgan fingerprint density at radius 1 is 1.44 bits per heavy atom. The molecule has 0 saturated heterocycles. The van der Waals surface area contributed by atoms with Gasteiger partial charge in [0.2, 0.25) is 5.75 Å². The van der Waals surface area contributed by atoms with E-state index in [4.69, 9.17) is 10.5 Å². The fraction of sp³-hybridized carbons (Fsp3) is 0.333. The third-order valence-electron chi connectivity index (χ3n) is 2.67. The summed E-state index contributed by atoms with van der Waals surface area (Å²) in [4.78, 5) is 9.34. The van der Waals surface area contributed by atoms with Crippen LogP contribution in [0.15, 0.2) is 17.8 Å². The lowest BCUT2D eigenvalue weighted by molar-refractivity contribution is 0.415. The average Bonchev–Trinajstić information content (AvgIpc) is 2.83. The van der Waals surface area contributed by atoms with Gasteiger partial charge >= 0.3 is 0 Å². The predicted molar refractivity (Wildman–Crippen MR) is 74.0 cm³/mol. The van der Waals surface area contributed by atoms with Gasteiger partial charge in [0.05, 0.1) is 13.7 Å². The monoisotopic (exact) mass is 264 g/mol. The Hall–Kier alpha value is -1.82. The number of nitrogen functional groups attached to an aromatic ring is 1. The van der Waals surface area contributed by atoms with Gasteiger partial charge in [0.25, 0.3) is 0 Å². The van der Waals surface area contributed by atoms with Crippen LogP contribution in [-0.2, 0) is 13.0 Å². The summed E-state index contributed by atoms with van der Waals surface area (Å²) in [6.07, 6.45) is 2.46. The topological polar surface area (TPSA) is 73.1 Å². The third-order valence-corrected chi connectivity index (χ3v) is 3.63. The first-order chi connectivity index (χ1) is 8.76. The van der Waals surface area contributed by atoms with Crippen LogP contribution in [0.1, 0.15) is 17.4 Å². The molecule has 0 aliphatic heterocycles. The van der Waals surface area contributed by atoms with E-state index in [0.29, 0.717) is 23.9 Å². The van der Waals surface area contributed by atoms with Gasteiger partial charge in [0, 0.05) is 4.88 Å². The molecule has 18 heavy (non-hydrogen) atoms. The Labute approximate surface area is 110 Å². The maximum Gasteiger partial charge on any atom is 0.203 e. The Morgan fingerprint density at radius 2 is 2.28 bits per heavy atom. The molecule has 0 atom stereocenters. The Bertz CT molecular complexity index is 527. The van der Waals surface area contributed by atoms with Crippen LogP contribution in [0, 0.1) is 0 Å². The maximum atomic E-state index is 5.72. The summed E-state index contributed by atoms with van der Waals surface area (Å²) in [5.74, 6) is 1.46. The molecule has 0 spiro atoms. The van der Waals surface area contributed by atoms with Crippen molar-refractivity contribution < 1.29 is 4.74 Å². The lowest BCUT2D eigenvalue weighted by Gasteiger charge is -2.10. The lowest BCUT2D eigenvalue weighted by atomic mass is 10.2. The highest BCUT2D eigenvalue weighted by molar-refractivity contribution is 7.10. The smallest absolute Gasteiger partial charge is 0.203 e. The molecule has 3 N–H and O–H groups in total. The van der Waals surface area contributed by atoms with Crippen molar-refractivity contribution in [3.63, 3.8) is 0 Å². The van der Waals surface area contributed by atoms with E-state index >= 15 is 0 Å². The molecule has 2 heterocycles. The maximum absolute atomic E-state index is 5.72. The number of hydrogen-bond donors (Lipinski definition) is 2. The van der Waals surface area contributed by atoms with Crippen molar-refractivity contribution in [1.29, 1.82) is 0 Å². The van der Waals surface area contributed by atoms with E-state index in [1.165, 1.54) is 16.8 Å². The highest BCUT2D eigenvalue weighted by atomic mass is 32.1. The third kappa shape index (κ3) is 2.53. The van der Waals surface area contributed by atoms with Gasteiger partial charge in [-0.15, -0.1) is 11.3 Å². The minimum Gasteiger partial charge on any atom is -0.490 e. The largest absolute Gasteiger partial charge is 0.490 e. The zero-order valence-corrected chi connectivity index (χ0v) is 11.3. The minimum atomic E-state index is 0.344. The molecule has 6 heteroatoms. The molecule has 0 saturated carbocycles. The van der Waals surface area contributed by atoms with Gasteiger partial charge < -0.3 is 15.8 Å². The number of rotatable bonds is 5. The van der Waals surface area contributed by atoms with Crippen LogP contribution in [0.3, 0.4) is 0 Å². The van der Waals surface area contributed by atoms with Crippen molar-refractivity contribution in [3.8, 4) is 5.75 Å². The van der Waals surface area contributed by atoms with Crippen molar-refractivity contribution in [2.75, 3.05) is 18.2 Å². The lowest BCUT2D eigenvalue weighted by Crippen LogP contribution is -2.06. The fourth-order valence-corrected chi connectivity index (χ4v) is 2.63. The van der Waals surface area contributed by atoms with Crippen molar-refractivity contribution >= 4 is 23.0 Å². The summed E-state index contributed by atoms with van der Waals surface area (Å²) in [5, 5.41) is 5.34.